The van der Waals surface area contributed by atoms with Crippen molar-refractivity contribution in [3.63, 3.8) is 0 Å². The lowest BCUT2D eigenvalue weighted by atomic mass is 9.69. The van der Waals surface area contributed by atoms with Gasteiger partial charge < -0.3 is 9.84 Å². The van der Waals surface area contributed by atoms with Crippen molar-refractivity contribution in [3.8, 4) is 0 Å². The van der Waals surface area contributed by atoms with Crippen molar-refractivity contribution in [2.75, 3.05) is 7.05 Å². The SMILES string of the molecule is CNCc1noc(C(C)(C)C(C)(C)C)n1. The molecule has 1 rings (SSSR count). The molecule has 1 heterocycles. The molecule has 86 valence electrons. The van der Waals surface area contributed by atoms with Gasteiger partial charge in [-0.15, -0.1) is 0 Å². The van der Waals surface area contributed by atoms with Gasteiger partial charge >= 0.3 is 0 Å². The molecule has 0 aliphatic rings. The number of hydrogen-bond donors (Lipinski definition) is 1. The average Bonchev–Trinajstić information content (AvgIpc) is 2.51. The van der Waals surface area contributed by atoms with Crippen LogP contribution in [0.1, 0.15) is 46.3 Å². The molecule has 4 heteroatoms. The van der Waals surface area contributed by atoms with E-state index in [2.05, 4.69) is 50.1 Å². The van der Waals surface area contributed by atoms with Crippen LogP contribution >= 0.6 is 0 Å². The maximum Gasteiger partial charge on any atom is 0.232 e. The van der Waals surface area contributed by atoms with E-state index < -0.39 is 0 Å². The predicted octanol–water partition coefficient (Wildman–Crippen LogP) is 2.11. The standard InChI is InChI=1S/C11H21N3O/c1-10(2,3)11(4,5)9-13-8(7-12-6)14-15-9/h12H,7H2,1-6H3. The average molecular weight is 211 g/mol. The third-order valence-corrected chi connectivity index (χ3v) is 3.21. The zero-order valence-electron chi connectivity index (χ0n) is 10.5. The second kappa shape index (κ2) is 3.93. The topological polar surface area (TPSA) is 51.0 Å². The molecule has 4 nitrogen and oxygen atoms in total. The third kappa shape index (κ3) is 2.37. The molecular weight excluding hydrogens is 190 g/mol. The minimum absolute atomic E-state index is 0.0937. The van der Waals surface area contributed by atoms with Gasteiger partial charge in [0.15, 0.2) is 5.82 Å². The number of hydrogen-bond acceptors (Lipinski definition) is 4. The minimum Gasteiger partial charge on any atom is -0.339 e. The largest absolute Gasteiger partial charge is 0.339 e. The molecule has 0 fully saturated rings. The van der Waals surface area contributed by atoms with Crippen molar-refractivity contribution in [2.24, 2.45) is 5.41 Å². The summed E-state index contributed by atoms with van der Waals surface area (Å²) in [4.78, 5) is 4.40. The molecule has 1 N–H and O–H groups in total. The quantitative estimate of drug-likeness (QED) is 0.832. The summed E-state index contributed by atoms with van der Waals surface area (Å²) in [7, 11) is 1.87. The van der Waals surface area contributed by atoms with Gasteiger partial charge in [-0.2, -0.15) is 4.98 Å². The Bertz CT molecular complexity index is 323. The molecule has 0 amide bonds. The summed E-state index contributed by atoms with van der Waals surface area (Å²) < 4.78 is 5.31. The first kappa shape index (κ1) is 12.2. The lowest BCUT2D eigenvalue weighted by molar-refractivity contribution is 0.168. The molecular formula is C11H21N3O. The van der Waals surface area contributed by atoms with Crippen molar-refractivity contribution in [1.29, 1.82) is 0 Å². The molecule has 1 aromatic rings. The highest BCUT2D eigenvalue weighted by Crippen LogP contribution is 2.39. The second-order valence-corrected chi connectivity index (χ2v) is 5.42. The van der Waals surface area contributed by atoms with Crippen molar-refractivity contribution in [3.05, 3.63) is 11.7 Å². The van der Waals surface area contributed by atoms with Crippen molar-refractivity contribution >= 4 is 0 Å². The van der Waals surface area contributed by atoms with Gasteiger partial charge in [-0.3, -0.25) is 0 Å². The van der Waals surface area contributed by atoms with Crippen LogP contribution in [0.5, 0.6) is 0 Å². The highest BCUT2D eigenvalue weighted by atomic mass is 16.5. The summed E-state index contributed by atoms with van der Waals surface area (Å²) in [6.45, 7) is 11.4. The van der Waals surface area contributed by atoms with Gasteiger partial charge in [-0.1, -0.05) is 39.8 Å². The van der Waals surface area contributed by atoms with E-state index in [-0.39, 0.29) is 10.8 Å². The predicted molar refractivity (Wildman–Crippen MR) is 59.5 cm³/mol. The molecule has 0 saturated heterocycles. The first-order valence-corrected chi connectivity index (χ1v) is 5.26. The van der Waals surface area contributed by atoms with Crippen LogP contribution < -0.4 is 5.32 Å². The van der Waals surface area contributed by atoms with Crippen molar-refractivity contribution in [1.82, 2.24) is 15.5 Å². The monoisotopic (exact) mass is 211 g/mol. The molecule has 0 aromatic carbocycles. The van der Waals surface area contributed by atoms with E-state index in [1.165, 1.54) is 0 Å². The lowest BCUT2D eigenvalue weighted by Crippen LogP contribution is -2.34. The number of nitrogens with one attached hydrogen (secondary N) is 1. The zero-order chi connectivity index (χ0) is 11.7. The van der Waals surface area contributed by atoms with E-state index in [0.717, 1.165) is 0 Å². The van der Waals surface area contributed by atoms with E-state index in [1.54, 1.807) is 0 Å². The smallest absolute Gasteiger partial charge is 0.232 e. The fraction of sp³-hybridized carbons (Fsp3) is 0.818. The van der Waals surface area contributed by atoms with Crippen molar-refractivity contribution < 1.29 is 4.52 Å². The Morgan fingerprint density at radius 1 is 1.20 bits per heavy atom. The first-order valence-electron chi connectivity index (χ1n) is 5.26. The Morgan fingerprint density at radius 2 is 1.80 bits per heavy atom. The molecule has 1 aromatic heterocycles. The fourth-order valence-corrected chi connectivity index (χ4v) is 1.06. The van der Waals surface area contributed by atoms with Gasteiger partial charge in [0.05, 0.1) is 6.54 Å². The summed E-state index contributed by atoms with van der Waals surface area (Å²) in [5.41, 5.74) is -0.0254. The van der Waals surface area contributed by atoms with Gasteiger partial charge in [0, 0.05) is 5.41 Å². The van der Waals surface area contributed by atoms with Gasteiger partial charge in [-0.25, -0.2) is 0 Å². The summed E-state index contributed by atoms with van der Waals surface area (Å²) in [6, 6.07) is 0. The summed E-state index contributed by atoms with van der Waals surface area (Å²) in [5, 5.41) is 6.94. The van der Waals surface area contributed by atoms with Crippen LogP contribution in [-0.2, 0) is 12.0 Å². The minimum atomic E-state index is -0.119. The summed E-state index contributed by atoms with van der Waals surface area (Å²) in [6.07, 6.45) is 0. The Kier molecular flexibility index (Phi) is 3.19. The van der Waals surface area contributed by atoms with Crippen LogP contribution in [0.4, 0.5) is 0 Å². The number of aromatic nitrogens is 2. The normalized spacial score (nSPS) is 13.2. The maximum absolute atomic E-state index is 5.31. The molecule has 0 aliphatic heterocycles. The van der Waals surface area contributed by atoms with Crippen LogP contribution in [-0.4, -0.2) is 17.2 Å². The molecule has 0 atom stereocenters. The summed E-state index contributed by atoms with van der Waals surface area (Å²) >= 11 is 0. The number of rotatable bonds is 3. The maximum atomic E-state index is 5.31. The van der Waals surface area contributed by atoms with Crippen LogP contribution in [0.2, 0.25) is 0 Å². The first-order chi connectivity index (χ1) is 6.79. The highest BCUT2D eigenvalue weighted by Gasteiger charge is 2.39. The Labute approximate surface area is 91.5 Å². The summed E-state index contributed by atoms with van der Waals surface area (Å²) in [5.74, 6) is 1.42. The van der Waals surface area contributed by atoms with E-state index >= 15 is 0 Å². The van der Waals surface area contributed by atoms with Gasteiger partial charge in [-0.05, 0) is 12.5 Å². The molecule has 0 saturated carbocycles. The lowest BCUT2D eigenvalue weighted by Gasteiger charge is -2.35. The Hall–Kier alpha value is -0.900. The van der Waals surface area contributed by atoms with Crippen LogP contribution in [0.15, 0.2) is 4.52 Å². The molecule has 15 heavy (non-hydrogen) atoms. The van der Waals surface area contributed by atoms with E-state index in [1.807, 2.05) is 7.05 Å². The Balaban J connectivity index is 2.95. The van der Waals surface area contributed by atoms with Gasteiger partial charge in [0.2, 0.25) is 5.89 Å². The Morgan fingerprint density at radius 3 is 2.27 bits per heavy atom. The van der Waals surface area contributed by atoms with E-state index in [0.29, 0.717) is 18.3 Å². The molecule has 0 bridgehead atoms. The third-order valence-electron chi connectivity index (χ3n) is 3.21. The molecule has 0 radical (unpaired) electrons. The zero-order valence-corrected chi connectivity index (χ0v) is 10.5. The molecule has 0 aliphatic carbocycles. The molecule has 0 spiro atoms. The highest BCUT2D eigenvalue weighted by molar-refractivity contribution is 5.06. The van der Waals surface area contributed by atoms with Gasteiger partial charge in [0.1, 0.15) is 0 Å². The number of nitrogens with zero attached hydrogens (tertiary/aromatic N) is 2. The van der Waals surface area contributed by atoms with E-state index in [9.17, 15) is 0 Å². The van der Waals surface area contributed by atoms with Crippen LogP contribution in [0, 0.1) is 5.41 Å². The van der Waals surface area contributed by atoms with Crippen LogP contribution in [0.25, 0.3) is 0 Å². The van der Waals surface area contributed by atoms with Gasteiger partial charge in [0.25, 0.3) is 0 Å². The van der Waals surface area contributed by atoms with Crippen molar-refractivity contribution in [2.45, 2.75) is 46.6 Å². The fourth-order valence-electron chi connectivity index (χ4n) is 1.06. The van der Waals surface area contributed by atoms with Crippen LogP contribution in [0.3, 0.4) is 0 Å². The van der Waals surface area contributed by atoms with E-state index in [4.69, 9.17) is 4.52 Å². The molecule has 0 unspecified atom stereocenters. The second-order valence-electron chi connectivity index (χ2n) is 5.42.